The molecule has 3 heteroatoms. The minimum absolute atomic E-state index is 0.0699. The Kier molecular flexibility index (Phi) is 2.19. The monoisotopic (exact) mass is 178 g/mol. The summed E-state index contributed by atoms with van der Waals surface area (Å²) in [5.41, 5.74) is 0.868. The number of hydrogen-bond acceptors (Lipinski definition) is 3. The number of rotatable bonds is 3. The van der Waals surface area contributed by atoms with E-state index in [9.17, 15) is 0 Å². The number of pyridine rings is 1. The summed E-state index contributed by atoms with van der Waals surface area (Å²) < 4.78 is 0. The van der Waals surface area contributed by atoms with E-state index >= 15 is 0 Å². The Balaban J connectivity index is 2.11. The number of aliphatic hydroxyl groups excluding tert-OH is 1. The molecule has 1 aliphatic rings. The second-order valence-electron chi connectivity index (χ2n) is 3.52. The molecule has 70 valence electrons. The van der Waals surface area contributed by atoms with E-state index in [2.05, 4.69) is 16.9 Å². The summed E-state index contributed by atoms with van der Waals surface area (Å²) in [4.78, 5) is 6.47. The van der Waals surface area contributed by atoms with Gasteiger partial charge in [-0.25, -0.2) is 4.98 Å². The highest BCUT2D eigenvalue weighted by atomic mass is 16.3. The summed E-state index contributed by atoms with van der Waals surface area (Å²) in [6.45, 7) is 0.0699. The molecule has 1 heterocycles. The molecule has 1 aromatic heterocycles. The lowest BCUT2D eigenvalue weighted by molar-refractivity contribution is 0.281. The second kappa shape index (κ2) is 3.34. The first-order valence-corrected chi connectivity index (χ1v) is 4.60. The summed E-state index contributed by atoms with van der Waals surface area (Å²) in [6, 6.07) is 4.57. The highest BCUT2D eigenvalue weighted by Crippen LogP contribution is 2.28. The van der Waals surface area contributed by atoms with Crippen LogP contribution >= 0.6 is 0 Å². The molecule has 1 fully saturated rings. The van der Waals surface area contributed by atoms with Gasteiger partial charge in [0.05, 0.1) is 6.61 Å². The summed E-state index contributed by atoms with van der Waals surface area (Å²) in [6.07, 6.45) is 4.29. The molecule has 2 rings (SSSR count). The third-order valence-corrected chi connectivity index (χ3v) is 2.45. The fourth-order valence-electron chi connectivity index (χ4n) is 1.37. The van der Waals surface area contributed by atoms with Gasteiger partial charge in [-0.05, 0) is 24.5 Å². The van der Waals surface area contributed by atoms with Crippen molar-refractivity contribution >= 4 is 5.82 Å². The lowest BCUT2D eigenvalue weighted by Gasteiger charge is -2.16. The molecular weight excluding hydrogens is 164 g/mol. The van der Waals surface area contributed by atoms with Gasteiger partial charge in [0.15, 0.2) is 0 Å². The van der Waals surface area contributed by atoms with Gasteiger partial charge < -0.3 is 10.0 Å². The number of aliphatic hydroxyl groups is 1. The van der Waals surface area contributed by atoms with Crippen LogP contribution in [0.25, 0.3) is 0 Å². The van der Waals surface area contributed by atoms with Gasteiger partial charge in [0.25, 0.3) is 0 Å². The fraction of sp³-hybridized carbons (Fsp3) is 0.500. The van der Waals surface area contributed by atoms with Crippen LogP contribution in [-0.2, 0) is 6.61 Å². The highest BCUT2D eigenvalue weighted by Gasteiger charge is 2.26. The smallest absolute Gasteiger partial charge is 0.128 e. The predicted octanol–water partition coefficient (Wildman–Crippen LogP) is 1.17. The van der Waals surface area contributed by atoms with Crippen molar-refractivity contribution in [3.8, 4) is 0 Å². The molecule has 0 amide bonds. The highest BCUT2D eigenvalue weighted by molar-refractivity contribution is 5.40. The molecule has 0 bridgehead atoms. The first-order chi connectivity index (χ1) is 6.31. The zero-order valence-corrected chi connectivity index (χ0v) is 7.77. The molecule has 0 radical (unpaired) electrons. The Bertz CT molecular complexity index is 279. The van der Waals surface area contributed by atoms with Gasteiger partial charge >= 0.3 is 0 Å². The van der Waals surface area contributed by atoms with Gasteiger partial charge in [-0.3, -0.25) is 0 Å². The number of nitrogens with zero attached hydrogens (tertiary/aromatic N) is 2. The first kappa shape index (κ1) is 8.51. The van der Waals surface area contributed by atoms with Crippen LogP contribution in [0.1, 0.15) is 18.4 Å². The van der Waals surface area contributed by atoms with Crippen molar-refractivity contribution in [1.29, 1.82) is 0 Å². The molecule has 1 aliphatic carbocycles. The third kappa shape index (κ3) is 1.80. The van der Waals surface area contributed by atoms with Crippen LogP contribution in [0.5, 0.6) is 0 Å². The molecule has 1 aromatic rings. The van der Waals surface area contributed by atoms with Crippen LogP contribution in [0.3, 0.4) is 0 Å². The Labute approximate surface area is 78.0 Å². The van der Waals surface area contributed by atoms with Crippen LogP contribution in [0.4, 0.5) is 5.82 Å². The maximum Gasteiger partial charge on any atom is 0.128 e. The SMILES string of the molecule is CN(c1ccc(CO)cn1)C1CC1. The van der Waals surface area contributed by atoms with Crippen LogP contribution in [0.15, 0.2) is 18.3 Å². The molecule has 1 saturated carbocycles. The van der Waals surface area contributed by atoms with E-state index in [0.717, 1.165) is 11.4 Å². The van der Waals surface area contributed by atoms with E-state index in [1.54, 1.807) is 6.20 Å². The lowest BCUT2D eigenvalue weighted by atomic mass is 10.3. The van der Waals surface area contributed by atoms with E-state index in [1.165, 1.54) is 12.8 Å². The lowest BCUT2D eigenvalue weighted by Crippen LogP contribution is -2.20. The normalized spacial score (nSPS) is 15.8. The van der Waals surface area contributed by atoms with E-state index in [4.69, 9.17) is 5.11 Å². The van der Waals surface area contributed by atoms with Crippen molar-refractivity contribution in [2.75, 3.05) is 11.9 Å². The van der Waals surface area contributed by atoms with Crippen LogP contribution in [0, 0.1) is 0 Å². The van der Waals surface area contributed by atoms with E-state index in [-0.39, 0.29) is 6.61 Å². The molecule has 0 aromatic carbocycles. The molecule has 13 heavy (non-hydrogen) atoms. The van der Waals surface area contributed by atoms with Crippen LogP contribution in [0.2, 0.25) is 0 Å². The second-order valence-corrected chi connectivity index (χ2v) is 3.52. The standard InChI is InChI=1S/C10H14N2O/c1-12(9-3-4-9)10-5-2-8(7-13)6-11-10/h2,5-6,9,13H,3-4,7H2,1H3. The predicted molar refractivity (Wildman–Crippen MR) is 51.6 cm³/mol. The van der Waals surface area contributed by atoms with E-state index in [1.807, 2.05) is 12.1 Å². The Morgan fingerprint density at radius 3 is 2.77 bits per heavy atom. The minimum Gasteiger partial charge on any atom is -0.392 e. The molecule has 0 saturated heterocycles. The summed E-state index contributed by atoms with van der Waals surface area (Å²) in [5, 5.41) is 8.84. The van der Waals surface area contributed by atoms with Gasteiger partial charge in [-0.1, -0.05) is 6.07 Å². The van der Waals surface area contributed by atoms with Gasteiger partial charge in [0.2, 0.25) is 0 Å². The molecular formula is C10H14N2O. The molecule has 0 atom stereocenters. The molecule has 0 unspecified atom stereocenters. The van der Waals surface area contributed by atoms with E-state index < -0.39 is 0 Å². The average molecular weight is 178 g/mol. The number of anilines is 1. The van der Waals surface area contributed by atoms with Crippen molar-refractivity contribution in [3.05, 3.63) is 23.9 Å². The summed E-state index contributed by atoms with van der Waals surface area (Å²) in [5.74, 6) is 1.000. The quantitative estimate of drug-likeness (QED) is 0.754. The first-order valence-electron chi connectivity index (χ1n) is 4.60. The third-order valence-electron chi connectivity index (χ3n) is 2.45. The number of aromatic nitrogens is 1. The van der Waals surface area contributed by atoms with E-state index in [0.29, 0.717) is 6.04 Å². The van der Waals surface area contributed by atoms with Crippen molar-refractivity contribution in [2.24, 2.45) is 0 Å². The van der Waals surface area contributed by atoms with Crippen LogP contribution < -0.4 is 4.90 Å². The maximum absolute atomic E-state index is 8.84. The zero-order valence-electron chi connectivity index (χ0n) is 7.77. The van der Waals surface area contributed by atoms with Gasteiger partial charge in [-0.2, -0.15) is 0 Å². The number of hydrogen-bond donors (Lipinski definition) is 1. The van der Waals surface area contributed by atoms with Gasteiger partial charge in [0.1, 0.15) is 5.82 Å². The molecule has 1 N–H and O–H groups in total. The maximum atomic E-state index is 8.84. The Hall–Kier alpha value is -1.09. The van der Waals surface area contributed by atoms with Crippen molar-refractivity contribution < 1.29 is 5.11 Å². The van der Waals surface area contributed by atoms with Crippen molar-refractivity contribution in [1.82, 2.24) is 4.98 Å². The fourth-order valence-corrected chi connectivity index (χ4v) is 1.37. The molecule has 3 nitrogen and oxygen atoms in total. The van der Waals surface area contributed by atoms with Crippen LogP contribution in [-0.4, -0.2) is 23.2 Å². The molecule has 0 spiro atoms. The van der Waals surface area contributed by atoms with Crippen molar-refractivity contribution in [2.45, 2.75) is 25.5 Å². The van der Waals surface area contributed by atoms with Gasteiger partial charge in [0, 0.05) is 19.3 Å². The Morgan fingerprint density at radius 1 is 1.54 bits per heavy atom. The molecule has 0 aliphatic heterocycles. The Morgan fingerprint density at radius 2 is 2.31 bits per heavy atom. The topological polar surface area (TPSA) is 36.4 Å². The zero-order chi connectivity index (χ0) is 9.26. The minimum atomic E-state index is 0.0699. The van der Waals surface area contributed by atoms with Crippen molar-refractivity contribution in [3.63, 3.8) is 0 Å². The summed E-state index contributed by atoms with van der Waals surface area (Å²) >= 11 is 0. The largest absolute Gasteiger partial charge is 0.392 e. The summed E-state index contributed by atoms with van der Waals surface area (Å²) in [7, 11) is 2.07. The average Bonchev–Trinajstić information content (AvgIpc) is 3.00. The van der Waals surface area contributed by atoms with Gasteiger partial charge in [-0.15, -0.1) is 0 Å².